The number of carbonyl (C=O) groups excluding carboxylic acids is 1. The van der Waals surface area contributed by atoms with Crippen molar-refractivity contribution in [2.24, 2.45) is 0 Å². The molecule has 0 aliphatic carbocycles. The molecule has 2 N–H and O–H groups in total. The summed E-state index contributed by atoms with van der Waals surface area (Å²) >= 11 is 0. The van der Waals surface area contributed by atoms with Gasteiger partial charge in [0.25, 0.3) is 5.91 Å². The molecule has 0 spiro atoms. The molecule has 19 heavy (non-hydrogen) atoms. The SMILES string of the molecule is COc1ccc(C(=O)NC2CCNC(C)C2)cc1F. The fourth-order valence-corrected chi connectivity index (χ4v) is 2.34. The number of hydrogen-bond acceptors (Lipinski definition) is 3. The van der Waals surface area contributed by atoms with Crippen LogP contribution in [0, 0.1) is 5.82 Å². The van der Waals surface area contributed by atoms with E-state index in [2.05, 4.69) is 17.6 Å². The molecule has 1 aromatic carbocycles. The Bertz CT molecular complexity index is 465. The van der Waals surface area contributed by atoms with Gasteiger partial charge in [0.05, 0.1) is 7.11 Å². The van der Waals surface area contributed by atoms with Crippen LogP contribution in [0.2, 0.25) is 0 Å². The third-order valence-electron chi connectivity index (χ3n) is 3.37. The summed E-state index contributed by atoms with van der Waals surface area (Å²) < 4.78 is 18.4. The van der Waals surface area contributed by atoms with Crippen LogP contribution >= 0.6 is 0 Å². The summed E-state index contributed by atoms with van der Waals surface area (Å²) in [6, 6.07) is 4.79. The Hall–Kier alpha value is -1.62. The molecule has 1 saturated heterocycles. The third-order valence-corrected chi connectivity index (χ3v) is 3.37. The van der Waals surface area contributed by atoms with E-state index in [9.17, 15) is 9.18 Å². The van der Waals surface area contributed by atoms with Crippen LogP contribution in [0.3, 0.4) is 0 Å². The Balaban J connectivity index is 2.01. The number of nitrogens with one attached hydrogen (secondary N) is 2. The molecule has 0 radical (unpaired) electrons. The van der Waals surface area contributed by atoms with Gasteiger partial charge in [-0.05, 0) is 44.5 Å². The predicted octanol–water partition coefficient (Wildman–Crippen LogP) is 1.70. The van der Waals surface area contributed by atoms with Crippen molar-refractivity contribution in [2.45, 2.75) is 31.8 Å². The Morgan fingerprint density at radius 1 is 1.53 bits per heavy atom. The van der Waals surface area contributed by atoms with E-state index in [-0.39, 0.29) is 17.7 Å². The minimum Gasteiger partial charge on any atom is -0.494 e. The second-order valence-electron chi connectivity index (χ2n) is 4.90. The number of piperidine rings is 1. The third kappa shape index (κ3) is 3.44. The lowest BCUT2D eigenvalue weighted by Gasteiger charge is -2.28. The summed E-state index contributed by atoms with van der Waals surface area (Å²) in [7, 11) is 1.40. The minimum absolute atomic E-state index is 0.145. The smallest absolute Gasteiger partial charge is 0.251 e. The Morgan fingerprint density at radius 3 is 2.95 bits per heavy atom. The van der Waals surface area contributed by atoms with Gasteiger partial charge in [-0.2, -0.15) is 0 Å². The fourth-order valence-electron chi connectivity index (χ4n) is 2.34. The van der Waals surface area contributed by atoms with E-state index in [0.717, 1.165) is 19.4 Å². The topological polar surface area (TPSA) is 50.4 Å². The van der Waals surface area contributed by atoms with Gasteiger partial charge < -0.3 is 15.4 Å². The normalized spacial score (nSPS) is 22.9. The first kappa shape index (κ1) is 13.8. The molecule has 104 valence electrons. The molecule has 2 rings (SSSR count). The van der Waals surface area contributed by atoms with Gasteiger partial charge >= 0.3 is 0 Å². The lowest BCUT2D eigenvalue weighted by Crippen LogP contribution is -2.46. The van der Waals surface area contributed by atoms with Gasteiger partial charge in [-0.15, -0.1) is 0 Å². The van der Waals surface area contributed by atoms with Gasteiger partial charge in [-0.1, -0.05) is 0 Å². The monoisotopic (exact) mass is 266 g/mol. The number of amides is 1. The van der Waals surface area contributed by atoms with Crippen LogP contribution in [-0.2, 0) is 0 Å². The predicted molar refractivity (Wildman–Crippen MR) is 70.9 cm³/mol. The number of ether oxygens (including phenoxy) is 1. The molecule has 5 heteroatoms. The van der Waals surface area contributed by atoms with Crippen LogP contribution in [-0.4, -0.2) is 31.6 Å². The standard InChI is InChI=1S/C14H19FN2O2/c1-9-7-11(5-6-16-9)17-14(18)10-3-4-13(19-2)12(15)8-10/h3-4,8-9,11,16H,5-7H2,1-2H3,(H,17,18). The zero-order chi connectivity index (χ0) is 13.8. The average molecular weight is 266 g/mol. The van der Waals surface area contributed by atoms with Crippen molar-refractivity contribution >= 4 is 5.91 Å². The van der Waals surface area contributed by atoms with Crippen LogP contribution in [0.1, 0.15) is 30.1 Å². The molecule has 1 fully saturated rings. The highest BCUT2D eigenvalue weighted by atomic mass is 19.1. The number of rotatable bonds is 3. The van der Waals surface area contributed by atoms with E-state index >= 15 is 0 Å². The van der Waals surface area contributed by atoms with Crippen LogP contribution in [0.5, 0.6) is 5.75 Å². The molecule has 0 bridgehead atoms. The maximum absolute atomic E-state index is 13.5. The zero-order valence-electron chi connectivity index (χ0n) is 11.2. The van der Waals surface area contributed by atoms with Gasteiger partial charge in [-0.3, -0.25) is 4.79 Å². The summed E-state index contributed by atoms with van der Waals surface area (Å²) in [5.41, 5.74) is 0.324. The van der Waals surface area contributed by atoms with Crippen molar-refractivity contribution in [3.63, 3.8) is 0 Å². The molecular weight excluding hydrogens is 247 g/mol. The highest BCUT2D eigenvalue weighted by Gasteiger charge is 2.20. The van der Waals surface area contributed by atoms with Gasteiger partial charge in [-0.25, -0.2) is 4.39 Å². The second-order valence-corrected chi connectivity index (χ2v) is 4.90. The van der Waals surface area contributed by atoms with E-state index < -0.39 is 5.82 Å². The first-order valence-corrected chi connectivity index (χ1v) is 6.48. The van der Waals surface area contributed by atoms with Crippen molar-refractivity contribution in [1.29, 1.82) is 0 Å². The highest BCUT2D eigenvalue weighted by molar-refractivity contribution is 5.94. The molecule has 1 heterocycles. The molecule has 1 aromatic rings. The summed E-state index contributed by atoms with van der Waals surface area (Å²) in [5.74, 6) is -0.610. The van der Waals surface area contributed by atoms with E-state index in [1.165, 1.54) is 19.2 Å². The van der Waals surface area contributed by atoms with Crippen molar-refractivity contribution in [3.05, 3.63) is 29.6 Å². The van der Waals surface area contributed by atoms with Crippen molar-refractivity contribution in [3.8, 4) is 5.75 Å². The highest BCUT2D eigenvalue weighted by Crippen LogP contribution is 2.18. The zero-order valence-corrected chi connectivity index (χ0v) is 11.2. The molecule has 1 aliphatic heterocycles. The number of benzene rings is 1. The van der Waals surface area contributed by atoms with Crippen molar-refractivity contribution in [1.82, 2.24) is 10.6 Å². The molecule has 4 nitrogen and oxygen atoms in total. The Morgan fingerprint density at radius 2 is 2.32 bits per heavy atom. The van der Waals surface area contributed by atoms with Crippen LogP contribution in [0.25, 0.3) is 0 Å². The molecular formula is C14H19FN2O2. The summed E-state index contributed by atoms with van der Waals surface area (Å²) in [4.78, 5) is 12.0. The average Bonchev–Trinajstić information content (AvgIpc) is 2.38. The van der Waals surface area contributed by atoms with E-state index in [1.807, 2.05) is 0 Å². The van der Waals surface area contributed by atoms with Gasteiger partial charge in [0.2, 0.25) is 0 Å². The van der Waals surface area contributed by atoms with E-state index in [0.29, 0.717) is 11.6 Å². The Kier molecular flexibility index (Phi) is 4.37. The molecule has 2 atom stereocenters. The fraction of sp³-hybridized carbons (Fsp3) is 0.500. The molecule has 1 aliphatic rings. The van der Waals surface area contributed by atoms with Crippen molar-refractivity contribution < 1.29 is 13.9 Å². The number of carbonyl (C=O) groups is 1. The number of hydrogen-bond donors (Lipinski definition) is 2. The first-order valence-electron chi connectivity index (χ1n) is 6.48. The summed E-state index contributed by atoms with van der Waals surface area (Å²) in [6.07, 6.45) is 1.79. The lowest BCUT2D eigenvalue weighted by molar-refractivity contribution is 0.0925. The first-order chi connectivity index (χ1) is 9.10. The number of methoxy groups -OCH3 is 1. The Labute approximate surface area is 112 Å². The summed E-state index contributed by atoms with van der Waals surface area (Å²) in [6.45, 7) is 2.98. The minimum atomic E-state index is -0.520. The molecule has 0 saturated carbocycles. The van der Waals surface area contributed by atoms with Crippen LogP contribution in [0.4, 0.5) is 4.39 Å². The maximum Gasteiger partial charge on any atom is 0.251 e. The van der Waals surface area contributed by atoms with Gasteiger partial charge in [0, 0.05) is 17.6 Å². The quantitative estimate of drug-likeness (QED) is 0.875. The molecule has 1 amide bonds. The second kappa shape index (κ2) is 6.02. The lowest BCUT2D eigenvalue weighted by atomic mass is 10.0. The number of halogens is 1. The van der Waals surface area contributed by atoms with E-state index in [4.69, 9.17) is 4.74 Å². The van der Waals surface area contributed by atoms with Crippen LogP contribution in [0.15, 0.2) is 18.2 Å². The van der Waals surface area contributed by atoms with Gasteiger partial charge in [0.15, 0.2) is 11.6 Å². The largest absolute Gasteiger partial charge is 0.494 e. The molecule has 2 unspecified atom stereocenters. The van der Waals surface area contributed by atoms with Gasteiger partial charge in [0.1, 0.15) is 0 Å². The van der Waals surface area contributed by atoms with Crippen molar-refractivity contribution in [2.75, 3.05) is 13.7 Å². The molecule has 0 aromatic heterocycles. The summed E-state index contributed by atoms with van der Waals surface area (Å²) in [5, 5.41) is 6.27. The van der Waals surface area contributed by atoms with E-state index in [1.54, 1.807) is 6.07 Å². The van der Waals surface area contributed by atoms with Crippen LogP contribution < -0.4 is 15.4 Å². The maximum atomic E-state index is 13.5.